The van der Waals surface area contributed by atoms with Gasteiger partial charge in [0.15, 0.2) is 0 Å². The molecule has 9 aromatic rings. The first kappa shape index (κ1) is 23.4. The largest absolute Gasteiger partial charge is 0.510 e. The number of rotatable bonds is 8. The number of nitrogens with zero attached hydrogens (tertiary/aromatic N) is 4. The third-order valence-corrected chi connectivity index (χ3v) is 8.63. The van der Waals surface area contributed by atoms with Gasteiger partial charge in [-0.2, -0.15) is 18.2 Å². The molecule has 0 aliphatic carbocycles. The normalized spacial score (nSPS) is 13.8. The zero-order chi connectivity index (χ0) is 42.9. The summed E-state index contributed by atoms with van der Waals surface area (Å²) in [5.41, 5.74) is 3.64. The van der Waals surface area contributed by atoms with Crippen molar-refractivity contribution in [3.8, 4) is 50.9 Å². The number of ether oxygens (including phenoxy) is 1. The fraction of sp³-hybridized carbons (Fsp3) is 0.0435. The summed E-state index contributed by atoms with van der Waals surface area (Å²) in [7, 11) is 0. The van der Waals surface area contributed by atoms with Crippen molar-refractivity contribution in [2.24, 2.45) is 0 Å². The number of hydrogen-bond acceptors (Lipinski definition) is 2. The summed E-state index contributed by atoms with van der Waals surface area (Å²) in [6.45, 7) is 2.10. The summed E-state index contributed by atoms with van der Waals surface area (Å²) in [6, 6.07) is 27.6. The summed E-state index contributed by atoms with van der Waals surface area (Å²) in [5.74, 6) is 1.58. The van der Waals surface area contributed by atoms with Gasteiger partial charge in [-0.15, -0.1) is 29.7 Å². The average molecular weight is 862 g/mol. The Hall–Kier alpha value is -6.03. The number of para-hydroxylation sites is 2. The number of imidazole rings is 1. The number of hydrogen-bond donors (Lipinski definition) is 0. The number of benzene rings is 6. The quantitative estimate of drug-likeness (QED) is 0.113. The molecule has 0 bridgehead atoms. The van der Waals surface area contributed by atoms with E-state index in [1.165, 1.54) is 4.57 Å². The van der Waals surface area contributed by atoms with Crippen molar-refractivity contribution >= 4 is 21.8 Å². The van der Waals surface area contributed by atoms with Gasteiger partial charge in [0, 0.05) is 56.7 Å². The molecule has 5 nitrogen and oxygen atoms in total. The zero-order valence-electron chi connectivity index (χ0n) is 37.5. The summed E-state index contributed by atoms with van der Waals surface area (Å²) in [6.07, 6.45) is 9.15. The number of aryl methyl sites for hydroxylation is 1. The second kappa shape index (κ2) is 14.3. The molecular weight excluding hydrogens is 820 g/mol. The van der Waals surface area contributed by atoms with Gasteiger partial charge in [-0.1, -0.05) is 109 Å². The van der Waals surface area contributed by atoms with Crippen LogP contribution in [-0.4, -0.2) is 14.1 Å². The predicted molar refractivity (Wildman–Crippen MR) is 203 cm³/mol. The third-order valence-electron chi connectivity index (χ3n) is 8.63. The van der Waals surface area contributed by atoms with Gasteiger partial charge in [0.25, 0.3) is 6.33 Å². The molecule has 0 fully saturated rings. The molecule has 6 aromatic carbocycles. The molecule has 3 heterocycles. The molecule has 0 N–H and O–H groups in total. The Morgan fingerprint density at radius 2 is 1.46 bits per heavy atom. The SMILES string of the molecule is [2H]c1c([2H])c([2H])c(-c2cccc(-c3c([2H])c([2H])c([2H])c([2H])c3[2H])c2-[n+]2[c-]n(-c3[c-]c(Oc4[c-]c5c(cc4)c4ccccc4n5-c4cc(CC)ccn4)ccc3)cc2)c([2H])c1[2H].[Pt]. The maximum absolute atomic E-state index is 8.81. The van der Waals surface area contributed by atoms with E-state index in [4.69, 9.17) is 23.4 Å². The molecule has 0 radical (unpaired) electrons. The van der Waals surface area contributed by atoms with E-state index in [1.807, 2.05) is 36.5 Å². The summed E-state index contributed by atoms with van der Waals surface area (Å²) < 4.78 is 96.7. The second-order valence-corrected chi connectivity index (χ2v) is 11.7. The molecule has 3 aromatic heterocycles. The molecule has 0 spiro atoms. The van der Waals surface area contributed by atoms with Gasteiger partial charge in [0.2, 0.25) is 0 Å². The first-order valence-corrected chi connectivity index (χ1v) is 16.3. The minimum atomic E-state index is -0.566. The number of fused-ring (bicyclic) bond motifs is 3. The van der Waals surface area contributed by atoms with Crippen LogP contribution >= 0.6 is 0 Å². The van der Waals surface area contributed by atoms with E-state index >= 15 is 0 Å². The first-order chi connectivity index (χ1) is 29.4. The summed E-state index contributed by atoms with van der Waals surface area (Å²) >= 11 is 0. The third kappa shape index (κ3) is 6.14. The molecule has 0 saturated carbocycles. The van der Waals surface area contributed by atoms with Crippen LogP contribution in [0, 0.1) is 18.5 Å². The van der Waals surface area contributed by atoms with Gasteiger partial charge < -0.3 is 13.9 Å². The van der Waals surface area contributed by atoms with Crippen molar-refractivity contribution in [2.75, 3.05) is 0 Å². The Morgan fingerprint density at radius 1 is 0.750 bits per heavy atom. The fourth-order valence-corrected chi connectivity index (χ4v) is 6.28. The molecule has 52 heavy (non-hydrogen) atoms. The second-order valence-electron chi connectivity index (χ2n) is 11.7. The van der Waals surface area contributed by atoms with Crippen molar-refractivity contribution in [1.82, 2.24) is 14.1 Å². The van der Waals surface area contributed by atoms with Crippen LogP contribution in [0.4, 0.5) is 0 Å². The minimum absolute atomic E-state index is 0. The number of pyridine rings is 1. The van der Waals surface area contributed by atoms with E-state index in [2.05, 4.69) is 48.1 Å². The van der Waals surface area contributed by atoms with Crippen molar-refractivity contribution < 1.29 is 44.1 Å². The van der Waals surface area contributed by atoms with Gasteiger partial charge in [0.1, 0.15) is 5.82 Å². The number of aromatic nitrogens is 4. The van der Waals surface area contributed by atoms with Crippen LogP contribution in [0.1, 0.15) is 26.2 Å². The van der Waals surface area contributed by atoms with E-state index in [9.17, 15) is 0 Å². The Bertz CT molecular complexity index is 3110. The van der Waals surface area contributed by atoms with Crippen LogP contribution in [0.3, 0.4) is 0 Å². The molecule has 0 aliphatic heterocycles. The maximum atomic E-state index is 8.81. The Labute approximate surface area is 331 Å². The van der Waals surface area contributed by atoms with E-state index in [0.717, 1.165) is 39.6 Å². The van der Waals surface area contributed by atoms with Crippen molar-refractivity contribution in [3.05, 3.63) is 188 Å². The molecule has 0 unspecified atom stereocenters. The van der Waals surface area contributed by atoms with Crippen LogP contribution < -0.4 is 9.30 Å². The molecule has 0 saturated heterocycles. The first-order valence-electron chi connectivity index (χ1n) is 21.3. The smallest absolute Gasteiger partial charge is 0.267 e. The molecule has 254 valence electrons. The fourth-order valence-electron chi connectivity index (χ4n) is 6.28. The Balaban J connectivity index is 0.00000529. The Kier molecular flexibility index (Phi) is 6.45. The maximum Gasteiger partial charge on any atom is 0.267 e. The van der Waals surface area contributed by atoms with E-state index in [1.54, 1.807) is 53.4 Å². The van der Waals surface area contributed by atoms with Crippen LogP contribution in [-0.2, 0) is 27.5 Å². The standard InChI is InChI=1S/C46H32N4O.Pt/c1-2-33-25-26-47-45(29-33)50-43-22-10-9-19-41(43)42-24-23-38(31-44(42)50)51-37-18-11-17-36(30-37)48-27-28-49(32-48)46-39(34-13-5-3-6-14-34)20-12-21-40(46)35-15-7-4-8-16-35;/h3-29H,2H2,1H3;/q-2;/i3D,4D,5D,6D,7D,8D,13D,14D,15D,16D;. The molecule has 0 aliphatic rings. The molecular formula is C46H32N4OPt-2. The topological polar surface area (TPSA) is 35.9 Å². The minimum Gasteiger partial charge on any atom is -0.510 e. The average Bonchev–Trinajstić information content (AvgIpc) is 3.90. The van der Waals surface area contributed by atoms with Gasteiger partial charge in [-0.3, -0.25) is 4.57 Å². The predicted octanol–water partition coefficient (Wildman–Crippen LogP) is 10.3. The van der Waals surface area contributed by atoms with Crippen molar-refractivity contribution in [3.63, 3.8) is 0 Å². The van der Waals surface area contributed by atoms with Crippen molar-refractivity contribution in [1.29, 1.82) is 0 Å². The van der Waals surface area contributed by atoms with Crippen LogP contribution in [0.5, 0.6) is 11.5 Å². The molecule has 0 amide bonds. The van der Waals surface area contributed by atoms with Crippen LogP contribution in [0.25, 0.3) is 61.3 Å². The van der Waals surface area contributed by atoms with Crippen LogP contribution in [0.15, 0.2) is 164 Å². The van der Waals surface area contributed by atoms with E-state index in [-0.39, 0.29) is 49.0 Å². The van der Waals surface area contributed by atoms with Crippen molar-refractivity contribution in [2.45, 2.75) is 13.3 Å². The molecule has 0 atom stereocenters. The van der Waals surface area contributed by atoms with Gasteiger partial charge in [0.05, 0.1) is 19.4 Å². The van der Waals surface area contributed by atoms with Gasteiger partial charge in [-0.25, -0.2) is 4.98 Å². The van der Waals surface area contributed by atoms with E-state index in [0.29, 0.717) is 17.2 Å². The monoisotopic (exact) mass is 861 g/mol. The van der Waals surface area contributed by atoms with E-state index < -0.39 is 60.4 Å². The van der Waals surface area contributed by atoms with Gasteiger partial charge >= 0.3 is 0 Å². The zero-order valence-corrected chi connectivity index (χ0v) is 29.8. The summed E-state index contributed by atoms with van der Waals surface area (Å²) in [5, 5.41) is 2.04. The molecule has 6 heteroatoms. The Morgan fingerprint density at radius 3 is 2.21 bits per heavy atom. The summed E-state index contributed by atoms with van der Waals surface area (Å²) in [4.78, 5) is 4.70. The van der Waals surface area contributed by atoms with Crippen LogP contribution in [0.2, 0.25) is 0 Å². The van der Waals surface area contributed by atoms with Gasteiger partial charge in [-0.05, 0) is 63.5 Å². The molecule has 9 rings (SSSR count).